The maximum atomic E-state index is 11.9. The van der Waals surface area contributed by atoms with E-state index in [-0.39, 0.29) is 12.2 Å². The van der Waals surface area contributed by atoms with Gasteiger partial charge in [0, 0.05) is 6.54 Å². The highest BCUT2D eigenvalue weighted by molar-refractivity contribution is 5.88. The van der Waals surface area contributed by atoms with Crippen molar-refractivity contribution in [2.24, 2.45) is 11.3 Å². The zero-order chi connectivity index (χ0) is 23.5. The molecule has 2 aromatic rings. The molecule has 2 heterocycles. The average Bonchev–Trinajstić information content (AvgIpc) is 3.49. The molecule has 34 heavy (non-hydrogen) atoms. The third-order valence-corrected chi connectivity index (χ3v) is 8.07. The second kappa shape index (κ2) is 10.1. The number of aromatic nitrogens is 1. The van der Waals surface area contributed by atoms with Crippen LogP contribution in [0.25, 0.3) is 11.0 Å². The molecule has 0 amide bonds. The number of carbonyl (C=O) groups is 1. The Morgan fingerprint density at radius 2 is 1.85 bits per heavy atom. The second-order valence-corrected chi connectivity index (χ2v) is 10.5. The van der Waals surface area contributed by atoms with Crippen LogP contribution in [0.3, 0.4) is 0 Å². The molecule has 1 saturated heterocycles. The van der Waals surface area contributed by atoms with Crippen LogP contribution in [0.15, 0.2) is 22.7 Å². The van der Waals surface area contributed by atoms with E-state index in [1.54, 1.807) is 0 Å². The zero-order valence-electron chi connectivity index (χ0n) is 19.8. The number of fused-ring (bicyclic) bond motifs is 1. The third-order valence-electron chi connectivity index (χ3n) is 8.07. The first kappa shape index (κ1) is 23.4. The van der Waals surface area contributed by atoms with Crippen molar-refractivity contribution >= 4 is 16.9 Å². The molecule has 0 unspecified atom stereocenters. The summed E-state index contributed by atoms with van der Waals surface area (Å²) in [5, 5.41) is 24.5. The van der Waals surface area contributed by atoms with Crippen molar-refractivity contribution in [3.05, 3.63) is 18.2 Å². The van der Waals surface area contributed by atoms with Crippen molar-refractivity contribution < 1.29 is 29.0 Å². The molecule has 0 spiro atoms. The van der Waals surface area contributed by atoms with Crippen LogP contribution in [0.1, 0.15) is 64.2 Å². The van der Waals surface area contributed by atoms with Crippen LogP contribution in [0.2, 0.25) is 0 Å². The fourth-order valence-electron chi connectivity index (χ4n) is 5.90. The van der Waals surface area contributed by atoms with Gasteiger partial charge in [-0.1, -0.05) is 18.9 Å². The summed E-state index contributed by atoms with van der Waals surface area (Å²) >= 11 is 0. The number of rotatable bonds is 8. The molecule has 0 atom stereocenters. The van der Waals surface area contributed by atoms with Gasteiger partial charge >= 0.3 is 5.97 Å². The van der Waals surface area contributed by atoms with Gasteiger partial charge in [-0.3, -0.25) is 4.79 Å². The molecule has 0 bridgehead atoms. The van der Waals surface area contributed by atoms with Gasteiger partial charge in [-0.15, -0.1) is 0 Å². The first-order valence-electron chi connectivity index (χ1n) is 12.8. The number of piperidine rings is 1. The van der Waals surface area contributed by atoms with Crippen molar-refractivity contribution in [1.29, 1.82) is 0 Å². The summed E-state index contributed by atoms with van der Waals surface area (Å²) in [5.74, 6) is 0.969. The van der Waals surface area contributed by atoms with Crippen LogP contribution < -0.4 is 9.47 Å². The van der Waals surface area contributed by atoms with Gasteiger partial charge in [-0.05, 0) is 87.7 Å². The van der Waals surface area contributed by atoms with E-state index < -0.39 is 11.4 Å². The van der Waals surface area contributed by atoms with Crippen LogP contribution >= 0.6 is 0 Å². The number of carboxylic acid groups (broad SMARTS) is 1. The molecule has 2 N–H and O–H groups in total. The van der Waals surface area contributed by atoms with Gasteiger partial charge < -0.3 is 29.1 Å². The van der Waals surface area contributed by atoms with Crippen molar-refractivity contribution in [2.45, 2.75) is 76.4 Å². The van der Waals surface area contributed by atoms with Gasteiger partial charge in [-0.25, -0.2) is 0 Å². The van der Waals surface area contributed by atoms with E-state index in [9.17, 15) is 15.0 Å². The lowest BCUT2D eigenvalue weighted by Gasteiger charge is -2.36. The lowest BCUT2D eigenvalue weighted by atomic mass is 9.84. The molecule has 1 aliphatic heterocycles. The molecule has 3 fully saturated rings. The Labute approximate surface area is 200 Å². The third kappa shape index (κ3) is 5.03. The molecular weight excluding hydrogens is 436 g/mol. The van der Waals surface area contributed by atoms with Gasteiger partial charge in [0.2, 0.25) is 0 Å². The number of hydrogen-bond donors (Lipinski definition) is 2. The number of nitrogens with zero attached hydrogens (tertiary/aromatic N) is 2. The Kier molecular flexibility index (Phi) is 6.97. The maximum absolute atomic E-state index is 11.9. The summed E-state index contributed by atoms with van der Waals surface area (Å²) in [6, 6.07) is 5.69. The Bertz CT molecular complexity index is 969. The molecule has 186 valence electrons. The minimum Gasteiger partial charge on any atom is -0.489 e. The molecule has 1 aromatic heterocycles. The normalized spacial score (nSPS) is 26.0. The molecular formula is C26H36N2O6. The average molecular weight is 473 g/mol. The Hall–Kier alpha value is -2.32. The molecule has 3 aliphatic rings. The predicted octanol–water partition coefficient (Wildman–Crippen LogP) is 4.25. The van der Waals surface area contributed by atoms with Gasteiger partial charge in [0.25, 0.3) is 5.88 Å². The van der Waals surface area contributed by atoms with Crippen LogP contribution in [-0.4, -0.2) is 64.7 Å². The molecule has 5 rings (SSSR count). The quantitative estimate of drug-likeness (QED) is 0.588. The fourth-order valence-corrected chi connectivity index (χ4v) is 5.90. The summed E-state index contributed by atoms with van der Waals surface area (Å²) in [6.07, 6.45) is 8.68. The fraction of sp³-hybridized carbons (Fsp3) is 0.692. The van der Waals surface area contributed by atoms with Gasteiger partial charge in [-0.2, -0.15) is 0 Å². The maximum Gasteiger partial charge on any atom is 0.310 e. The summed E-state index contributed by atoms with van der Waals surface area (Å²) < 4.78 is 17.9. The summed E-state index contributed by atoms with van der Waals surface area (Å²) in [4.78, 5) is 14.2. The minimum absolute atomic E-state index is 0.0787. The smallest absolute Gasteiger partial charge is 0.310 e. The largest absolute Gasteiger partial charge is 0.489 e. The molecule has 8 nitrogen and oxygen atoms in total. The van der Waals surface area contributed by atoms with Crippen molar-refractivity contribution in [3.8, 4) is 11.6 Å². The standard InChI is InChI=1S/C26H36N2O6/c29-19-6-8-20(9-7-19)33-21-4-3-5-22-23(21)24(27-34-22)32-16-18-10-14-28(15-11-18)17-26(25(30)31)12-1-2-13-26/h3-5,18-20,29H,1-2,6-17H2,(H,30,31). The summed E-state index contributed by atoms with van der Waals surface area (Å²) in [7, 11) is 0. The van der Waals surface area contributed by atoms with Gasteiger partial charge in [0.1, 0.15) is 11.1 Å². The van der Waals surface area contributed by atoms with Gasteiger partial charge in [0.15, 0.2) is 5.58 Å². The van der Waals surface area contributed by atoms with E-state index in [4.69, 9.17) is 14.0 Å². The molecule has 2 saturated carbocycles. The SMILES string of the molecule is O=C(O)C1(CN2CCC(COc3noc4cccc(OC5CCC(O)CC5)c34)CC2)CCCC1. The number of ether oxygens (including phenoxy) is 2. The highest BCUT2D eigenvalue weighted by Crippen LogP contribution is 2.40. The van der Waals surface area contributed by atoms with Crippen LogP contribution in [0.5, 0.6) is 11.6 Å². The second-order valence-electron chi connectivity index (χ2n) is 10.5. The minimum atomic E-state index is -0.629. The monoisotopic (exact) mass is 472 g/mol. The molecule has 2 aliphatic carbocycles. The summed E-state index contributed by atoms with van der Waals surface area (Å²) in [6.45, 7) is 3.04. The predicted molar refractivity (Wildman–Crippen MR) is 126 cm³/mol. The van der Waals surface area contributed by atoms with Crippen molar-refractivity contribution in [2.75, 3.05) is 26.2 Å². The van der Waals surface area contributed by atoms with E-state index in [1.165, 1.54) is 0 Å². The Morgan fingerprint density at radius 3 is 2.56 bits per heavy atom. The van der Waals surface area contributed by atoms with Crippen LogP contribution in [0.4, 0.5) is 0 Å². The van der Waals surface area contributed by atoms with Crippen molar-refractivity contribution in [1.82, 2.24) is 10.1 Å². The van der Waals surface area contributed by atoms with Crippen LogP contribution in [0, 0.1) is 11.3 Å². The van der Waals surface area contributed by atoms with E-state index in [2.05, 4.69) is 10.1 Å². The lowest BCUT2D eigenvalue weighted by molar-refractivity contribution is -0.150. The van der Waals surface area contributed by atoms with Gasteiger partial charge in [0.05, 0.1) is 24.2 Å². The number of likely N-dealkylation sites (tertiary alicyclic amines) is 1. The lowest BCUT2D eigenvalue weighted by Crippen LogP contribution is -2.45. The van der Waals surface area contributed by atoms with E-state index in [0.717, 1.165) is 88.4 Å². The zero-order valence-corrected chi connectivity index (χ0v) is 19.8. The number of aliphatic carboxylic acids is 1. The highest BCUT2D eigenvalue weighted by atomic mass is 16.5. The Morgan fingerprint density at radius 1 is 1.12 bits per heavy atom. The number of benzene rings is 1. The van der Waals surface area contributed by atoms with E-state index in [1.807, 2.05) is 18.2 Å². The Balaban J connectivity index is 1.16. The number of aliphatic hydroxyl groups excluding tert-OH is 1. The highest BCUT2D eigenvalue weighted by Gasteiger charge is 2.43. The first-order valence-corrected chi connectivity index (χ1v) is 12.8. The number of aliphatic hydroxyl groups is 1. The van der Waals surface area contributed by atoms with E-state index in [0.29, 0.717) is 30.5 Å². The van der Waals surface area contributed by atoms with Crippen molar-refractivity contribution in [3.63, 3.8) is 0 Å². The topological polar surface area (TPSA) is 105 Å². The number of carboxylic acids is 1. The molecule has 0 radical (unpaired) electrons. The van der Waals surface area contributed by atoms with Crippen LogP contribution in [-0.2, 0) is 4.79 Å². The molecule has 8 heteroatoms. The molecule has 1 aromatic carbocycles. The number of hydrogen-bond acceptors (Lipinski definition) is 7. The van der Waals surface area contributed by atoms with E-state index >= 15 is 0 Å². The first-order chi connectivity index (χ1) is 16.5. The summed E-state index contributed by atoms with van der Waals surface area (Å²) in [5.41, 5.74) is 0.101.